The highest BCUT2D eigenvalue weighted by atomic mass is 35.5. The van der Waals surface area contributed by atoms with Crippen LogP contribution in [0.2, 0.25) is 8.67 Å². The zero-order chi connectivity index (χ0) is 15.6. The molecule has 1 N–H and O–H groups in total. The molecule has 1 nitrogen and oxygen atoms in total. The largest absolute Gasteiger partial charge is 0.306 e. The van der Waals surface area contributed by atoms with Gasteiger partial charge in [-0.25, -0.2) is 4.39 Å². The molecule has 0 aliphatic carbocycles. The monoisotopic (exact) mass is 345 g/mol. The Labute approximate surface area is 139 Å². The fraction of sp³-hybridized carbons (Fsp3) is 0.375. The zero-order valence-electron chi connectivity index (χ0n) is 12.3. The third-order valence-electron chi connectivity index (χ3n) is 3.36. The standard InChI is InChI=1S/C16H18Cl2FNS/c1-4-5-20-15(11-8-13(17)21-16(11)18)14-10(3)6-9(2)7-12(14)19/h6-8,15,20H,4-5H2,1-3H3. The molecule has 1 aromatic carbocycles. The van der Waals surface area contributed by atoms with Crippen LogP contribution in [0, 0.1) is 19.7 Å². The van der Waals surface area contributed by atoms with Crippen molar-refractivity contribution in [3.63, 3.8) is 0 Å². The molecule has 0 aliphatic rings. The normalized spacial score (nSPS) is 12.7. The lowest BCUT2D eigenvalue weighted by molar-refractivity contribution is 0.544. The van der Waals surface area contributed by atoms with E-state index in [1.807, 2.05) is 26.0 Å². The summed E-state index contributed by atoms with van der Waals surface area (Å²) in [6.45, 7) is 6.67. The summed E-state index contributed by atoms with van der Waals surface area (Å²) in [4.78, 5) is 0. The number of aryl methyl sites for hydroxylation is 2. The van der Waals surface area contributed by atoms with Gasteiger partial charge >= 0.3 is 0 Å². The first kappa shape index (κ1) is 16.8. The van der Waals surface area contributed by atoms with Gasteiger partial charge in [0, 0.05) is 11.1 Å². The third kappa shape index (κ3) is 3.78. The van der Waals surface area contributed by atoms with Gasteiger partial charge in [-0.2, -0.15) is 0 Å². The quantitative estimate of drug-likeness (QED) is 0.711. The molecule has 21 heavy (non-hydrogen) atoms. The summed E-state index contributed by atoms with van der Waals surface area (Å²) in [7, 11) is 0. The topological polar surface area (TPSA) is 12.0 Å². The fourth-order valence-electron chi connectivity index (χ4n) is 2.50. The van der Waals surface area contributed by atoms with Crippen LogP contribution in [0.3, 0.4) is 0 Å². The second-order valence-electron chi connectivity index (χ2n) is 5.14. The molecule has 1 unspecified atom stereocenters. The summed E-state index contributed by atoms with van der Waals surface area (Å²) in [5.41, 5.74) is 3.31. The van der Waals surface area contributed by atoms with Crippen molar-refractivity contribution in [1.29, 1.82) is 0 Å². The maximum Gasteiger partial charge on any atom is 0.128 e. The summed E-state index contributed by atoms with van der Waals surface area (Å²) in [6, 6.07) is 5.09. The van der Waals surface area contributed by atoms with Crippen molar-refractivity contribution in [1.82, 2.24) is 5.32 Å². The van der Waals surface area contributed by atoms with Crippen LogP contribution in [0.15, 0.2) is 18.2 Å². The summed E-state index contributed by atoms with van der Waals surface area (Å²) < 4.78 is 15.7. The first-order valence-electron chi connectivity index (χ1n) is 6.88. The highest BCUT2D eigenvalue weighted by Gasteiger charge is 2.23. The first-order chi connectivity index (χ1) is 9.93. The van der Waals surface area contributed by atoms with Gasteiger partial charge in [-0.15, -0.1) is 11.3 Å². The van der Waals surface area contributed by atoms with Crippen molar-refractivity contribution in [3.05, 3.63) is 54.9 Å². The van der Waals surface area contributed by atoms with Crippen LogP contribution in [0.1, 0.15) is 41.6 Å². The molecule has 0 saturated carbocycles. The molecule has 2 rings (SSSR count). The molecular weight excluding hydrogens is 328 g/mol. The molecule has 114 valence electrons. The van der Waals surface area contributed by atoms with Gasteiger partial charge in [-0.3, -0.25) is 0 Å². The predicted molar refractivity (Wildman–Crippen MR) is 90.3 cm³/mol. The van der Waals surface area contributed by atoms with Crippen LogP contribution < -0.4 is 5.32 Å². The smallest absolute Gasteiger partial charge is 0.128 e. The second-order valence-corrected chi connectivity index (χ2v) is 7.43. The Kier molecular flexibility index (Phi) is 5.67. The molecule has 1 atom stereocenters. The van der Waals surface area contributed by atoms with Crippen molar-refractivity contribution < 1.29 is 4.39 Å². The van der Waals surface area contributed by atoms with E-state index in [4.69, 9.17) is 23.2 Å². The molecule has 0 amide bonds. The Morgan fingerprint density at radius 3 is 2.48 bits per heavy atom. The average molecular weight is 346 g/mol. The number of nitrogens with one attached hydrogen (secondary N) is 1. The van der Waals surface area contributed by atoms with Crippen molar-refractivity contribution in [2.45, 2.75) is 33.2 Å². The molecule has 1 aromatic heterocycles. The minimum absolute atomic E-state index is 0.209. The number of thiophene rings is 1. The Hall–Kier alpha value is -0.610. The van der Waals surface area contributed by atoms with Crippen LogP contribution >= 0.6 is 34.5 Å². The molecule has 1 heterocycles. The maximum absolute atomic E-state index is 14.5. The van der Waals surface area contributed by atoms with Gasteiger partial charge in [0.2, 0.25) is 0 Å². The number of halogens is 3. The Bertz CT molecular complexity index is 616. The van der Waals surface area contributed by atoms with Crippen LogP contribution in [0.25, 0.3) is 0 Å². The average Bonchev–Trinajstić information content (AvgIpc) is 2.71. The number of benzene rings is 1. The zero-order valence-corrected chi connectivity index (χ0v) is 14.6. The van der Waals surface area contributed by atoms with Gasteiger partial charge in [0.1, 0.15) is 5.82 Å². The molecule has 2 aromatic rings. The van der Waals surface area contributed by atoms with E-state index in [2.05, 4.69) is 12.2 Å². The van der Waals surface area contributed by atoms with E-state index in [9.17, 15) is 4.39 Å². The SMILES string of the molecule is CCCNC(c1cc(Cl)sc1Cl)c1c(C)cc(C)cc1F. The highest BCUT2D eigenvalue weighted by molar-refractivity contribution is 7.20. The molecule has 0 radical (unpaired) electrons. The van der Waals surface area contributed by atoms with Gasteiger partial charge < -0.3 is 5.32 Å². The molecule has 0 saturated heterocycles. The molecule has 0 aliphatic heterocycles. The van der Waals surface area contributed by atoms with Crippen molar-refractivity contribution >= 4 is 34.5 Å². The van der Waals surface area contributed by atoms with Gasteiger partial charge in [0.05, 0.1) is 14.7 Å². The van der Waals surface area contributed by atoms with Crippen LogP contribution in [-0.2, 0) is 0 Å². The molecule has 0 fully saturated rings. The Balaban J connectivity index is 2.53. The van der Waals surface area contributed by atoms with Crippen molar-refractivity contribution in [3.8, 4) is 0 Å². The summed E-state index contributed by atoms with van der Waals surface area (Å²) >= 11 is 13.6. The predicted octanol–water partition coefficient (Wildman–Crippen LogP) is 5.90. The lowest BCUT2D eigenvalue weighted by Crippen LogP contribution is -2.25. The second kappa shape index (κ2) is 7.10. The molecular formula is C16H18Cl2FNS. The van der Waals surface area contributed by atoms with Crippen molar-refractivity contribution in [2.24, 2.45) is 0 Å². The fourth-order valence-corrected chi connectivity index (χ4v) is 4.03. The van der Waals surface area contributed by atoms with E-state index in [-0.39, 0.29) is 11.9 Å². The van der Waals surface area contributed by atoms with E-state index in [0.29, 0.717) is 14.2 Å². The molecule has 0 spiro atoms. The number of hydrogen-bond acceptors (Lipinski definition) is 2. The van der Waals surface area contributed by atoms with Gasteiger partial charge in [-0.05, 0) is 50.1 Å². The third-order valence-corrected chi connectivity index (χ3v) is 4.88. The highest BCUT2D eigenvalue weighted by Crippen LogP contribution is 2.39. The first-order valence-corrected chi connectivity index (χ1v) is 8.46. The van der Waals surface area contributed by atoms with Gasteiger partial charge in [0.25, 0.3) is 0 Å². The lowest BCUT2D eigenvalue weighted by atomic mass is 9.94. The minimum atomic E-state index is -0.276. The number of rotatable bonds is 5. The van der Waals surface area contributed by atoms with Gasteiger partial charge in [0.15, 0.2) is 0 Å². The lowest BCUT2D eigenvalue weighted by Gasteiger charge is -2.22. The molecule has 0 bridgehead atoms. The Morgan fingerprint density at radius 2 is 1.95 bits per heavy atom. The van der Waals surface area contributed by atoms with Crippen LogP contribution in [0.5, 0.6) is 0 Å². The van der Waals surface area contributed by atoms with E-state index in [1.165, 1.54) is 11.3 Å². The van der Waals surface area contributed by atoms with E-state index >= 15 is 0 Å². The summed E-state index contributed by atoms with van der Waals surface area (Å²) in [5.74, 6) is -0.209. The number of hydrogen-bond donors (Lipinski definition) is 1. The van der Waals surface area contributed by atoms with Crippen LogP contribution in [0.4, 0.5) is 4.39 Å². The van der Waals surface area contributed by atoms with Crippen molar-refractivity contribution in [2.75, 3.05) is 6.54 Å². The minimum Gasteiger partial charge on any atom is -0.306 e. The van der Waals surface area contributed by atoms with E-state index in [0.717, 1.165) is 29.7 Å². The van der Waals surface area contributed by atoms with Gasteiger partial charge in [-0.1, -0.05) is 36.2 Å². The molecule has 5 heteroatoms. The maximum atomic E-state index is 14.5. The summed E-state index contributed by atoms with van der Waals surface area (Å²) in [5, 5.41) is 3.38. The Morgan fingerprint density at radius 1 is 1.24 bits per heavy atom. The van der Waals surface area contributed by atoms with Crippen LogP contribution in [-0.4, -0.2) is 6.54 Å². The van der Waals surface area contributed by atoms with E-state index < -0.39 is 0 Å². The van der Waals surface area contributed by atoms with E-state index in [1.54, 1.807) is 6.07 Å². The summed E-state index contributed by atoms with van der Waals surface area (Å²) in [6.07, 6.45) is 0.957.